The zero-order valence-electron chi connectivity index (χ0n) is 18.3. The maximum atomic E-state index is 12.9. The summed E-state index contributed by atoms with van der Waals surface area (Å²) in [6.45, 7) is 1.97. The number of nitrogens with zero attached hydrogens (tertiary/aromatic N) is 5. The number of hydrogen-bond acceptors (Lipinski definition) is 8. The molecule has 0 amide bonds. The van der Waals surface area contributed by atoms with E-state index in [9.17, 15) is 4.79 Å². The van der Waals surface area contributed by atoms with Gasteiger partial charge in [-0.1, -0.05) is 30.0 Å². The number of hydrogen-bond donors (Lipinski definition) is 1. The average Bonchev–Trinajstić information content (AvgIpc) is 3.63. The molecular formula is C24H22N6O2S2. The highest BCUT2D eigenvalue weighted by Gasteiger charge is 2.22. The number of fused-ring (bicyclic) bond motifs is 1. The molecule has 1 fully saturated rings. The molecule has 5 heterocycles. The third-order valence-electron chi connectivity index (χ3n) is 5.89. The first-order valence-corrected chi connectivity index (χ1v) is 13.1. The Morgan fingerprint density at radius 3 is 2.71 bits per heavy atom. The van der Waals surface area contributed by atoms with Crippen molar-refractivity contribution in [3.05, 3.63) is 70.3 Å². The van der Waals surface area contributed by atoms with Gasteiger partial charge in [-0.05, 0) is 43.5 Å². The molecule has 5 aromatic rings. The first-order valence-electron chi connectivity index (χ1n) is 11.2. The van der Waals surface area contributed by atoms with Gasteiger partial charge in [0.25, 0.3) is 5.56 Å². The lowest BCUT2D eigenvalue weighted by molar-refractivity contribution is 0.564. The molecule has 10 heteroatoms. The van der Waals surface area contributed by atoms with Crippen LogP contribution in [0, 0.1) is 0 Å². The summed E-state index contributed by atoms with van der Waals surface area (Å²) >= 11 is 2.96. The molecule has 0 aliphatic carbocycles. The summed E-state index contributed by atoms with van der Waals surface area (Å²) < 4.78 is 7.59. The van der Waals surface area contributed by atoms with Crippen LogP contribution in [-0.2, 0) is 5.75 Å². The van der Waals surface area contributed by atoms with Crippen LogP contribution in [0.4, 0.5) is 5.95 Å². The Bertz CT molecular complexity index is 1470. The Balaban J connectivity index is 1.31. The highest BCUT2D eigenvalue weighted by molar-refractivity contribution is 7.98. The second-order valence-corrected chi connectivity index (χ2v) is 9.91. The van der Waals surface area contributed by atoms with E-state index in [1.165, 1.54) is 29.5 Å². The van der Waals surface area contributed by atoms with Crippen LogP contribution in [0.1, 0.15) is 25.1 Å². The number of furan rings is 1. The summed E-state index contributed by atoms with van der Waals surface area (Å²) in [5.41, 5.74) is 1.63. The summed E-state index contributed by atoms with van der Waals surface area (Å²) in [7, 11) is 0. The highest BCUT2D eigenvalue weighted by Crippen LogP contribution is 2.32. The first kappa shape index (κ1) is 21.2. The molecule has 0 atom stereocenters. The van der Waals surface area contributed by atoms with E-state index in [0.717, 1.165) is 48.3 Å². The van der Waals surface area contributed by atoms with E-state index in [-0.39, 0.29) is 5.56 Å². The molecule has 0 saturated carbocycles. The molecule has 4 aromatic heterocycles. The van der Waals surface area contributed by atoms with Gasteiger partial charge in [-0.3, -0.25) is 9.36 Å². The average molecular weight is 491 g/mol. The van der Waals surface area contributed by atoms with Crippen molar-refractivity contribution in [2.75, 3.05) is 18.0 Å². The van der Waals surface area contributed by atoms with Crippen LogP contribution in [0.2, 0.25) is 0 Å². The molecule has 0 bridgehead atoms. The minimum Gasteiger partial charge on any atom is -0.464 e. The quantitative estimate of drug-likeness (QED) is 0.331. The lowest BCUT2D eigenvalue weighted by Gasteiger charge is -2.27. The number of rotatable bonds is 6. The Morgan fingerprint density at radius 2 is 1.91 bits per heavy atom. The number of aromatic nitrogens is 5. The molecule has 0 radical (unpaired) electrons. The number of anilines is 1. The van der Waals surface area contributed by atoms with E-state index in [4.69, 9.17) is 9.40 Å². The lowest BCUT2D eigenvalue weighted by atomic mass is 10.1. The monoisotopic (exact) mass is 490 g/mol. The van der Waals surface area contributed by atoms with Crippen LogP contribution < -0.4 is 10.5 Å². The molecule has 1 aliphatic rings. The number of thioether (sulfide) groups is 1. The van der Waals surface area contributed by atoms with E-state index in [2.05, 4.69) is 36.8 Å². The zero-order valence-corrected chi connectivity index (χ0v) is 19.9. The van der Waals surface area contributed by atoms with Crippen molar-refractivity contribution in [1.82, 2.24) is 24.7 Å². The van der Waals surface area contributed by atoms with Crippen molar-refractivity contribution in [1.29, 1.82) is 0 Å². The number of nitrogens with one attached hydrogen (secondary N) is 1. The second-order valence-electron chi connectivity index (χ2n) is 8.11. The highest BCUT2D eigenvalue weighted by atomic mass is 32.2. The second kappa shape index (κ2) is 9.11. The maximum Gasteiger partial charge on any atom is 0.260 e. The van der Waals surface area contributed by atoms with Gasteiger partial charge in [0.05, 0.1) is 23.1 Å². The van der Waals surface area contributed by atoms with Gasteiger partial charge in [0.1, 0.15) is 16.4 Å². The third-order valence-corrected chi connectivity index (χ3v) is 7.70. The standard InChI is InChI=1S/C24H22N6O2S2/c31-21-20-17(18-10-7-13-32-18)14-33-22(20)26-19(25-21)15-34-24-28-27-23(29-11-5-2-6-12-29)30(24)16-8-3-1-4-9-16/h1,3-4,7-10,13-14H,2,5-6,11-12,15H2,(H,25,26,31). The van der Waals surface area contributed by atoms with Crippen molar-refractivity contribution in [3.8, 4) is 17.0 Å². The molecule has 1 aromatic carbocycles. The summed E-state index contributed by atoms with van der Waals surface area (Å²) in [6.07, 6.45) is 5.18. The Morgan fingerprint density at radius 1 is 1.06 bits per heavy atom. The molecule has 8 nitrogen and oxygen atoms in total. The normalized spacial score (nSPS) is 14.2. The summed E-state index contributed by atoms with van der Waals surface area (Å²) in [5.74, 6) is 2.62. The van der Waals surface area contributed by atoms with Crippen LogP contribution in [0.15, 0.2) is 68.5 Å². The number of benzene rings is 1. The Hall–Kier alpha value is -3.37. The molecule has 0 unspecified atom stereocenters. The fraction of sp³-hybridized carbons (Fsp3) is 0.250. The van der Waals surface area contributed by atoms with Crippen molar-refractivity contribution in [2.24, 2.45) is 0 Å². The topological polar surface area (TPSA) is 92.8 Å². The first-order chi connectivity index (χ1) is 16.8. The molecule has 1 aliphatic heterocycles. The number of piperidine rings is 1. The van der Waals surface area contributed by atoms with Crippen molar-refractivity contribution >= 4 is 39.3 Å². The predicted octanol–water partition coefficient (Wildman–Crippen LogP) is 5.11. The predicted molar refractivity (Wildman–Crippen MR) is 135 cm³/mol. The molecule has 0 spiro atoms. The smallest absolute Gasteiger partial charge is 0.260 e. The third kappa shape index (κ3) is 3.92. The van der Waals surface area contributed by atoms with Gasteiger partial charge in [-0.25, -0.2) is 4.98 Å². The fourth-order valence-electron chi connectivity index (χ4n) is 4.27. The molecular weight excluding hydrogens is 468 g/mol. The van der Waals surface area contributed by atoms with Gasteiger partial charge >= 0.3 is 0 Å². The van der Waals surface area contributed by atoms with Crippen LogP contribution in [0.5, 0.6) is 0 Å². The van der Waals surface area contributed by atoms with Gasteiger partial charge in [-0.15, -0.1) is 21.5 Å². The van der Waals surface area contributed by atoms with Crippen LogP contribution >= 0.6 is 23.1 Å². The molecule has 34 heavy (non-hydrogen) atoms. The van der Waals surface area contributed by atoms with Crippen LogP contribution in [0.3, 0.4) is 0 Å². The lowest BCUT2D eigenvalue weighted by Crippen LogP contribution is -2.31. The van der Waals surface area contributed by atoms with E-state index in [1.807, 2.05) is 35.7 Å². The Kier molecular flexibility index (Phi) is 5.68. The molecule has 172 valence electrons. The van der Waals surface area contributed by atoms with Crippen molar-refractivity contribution in [3.63, 3.8) is 0 Å². The van der Waals surface area contributed by atoms with Gasteiger partial charge in [-0.2, -0.15) is 0 Å². The number of thiophene rings is 1. The minimum absolute atomic E-state index is 0.160. The summed E-state index contributed by atoms with van der Waals surface area (Å²) in [6, 6.07) is 13.8. The SMILES string of the molecule is O=c1[nH]c(CSc2nnc(N3CCCCC3)n2-c2ccccc2)nc2scc(-c3ccco3)c12. The largest absolute Gasteiger partial charge is 0.464 e. The summed E-state index contributed by atoms with van der Waals surface area (Å²) in [5, 5.41) is 12.3. The molecule has 6 rings (SSSR count). The van der Waals surface area contributed by atoms with E-state index >= 15 is 0 Å². The minimum atomic E-state index is -0.160. The van der Waals surface area contributed by atoms with Gasteiger partial charge < -0.3 is 14.3 Å². The van der Waals surface area contributed by atoms with Gasteiger partial charge in [0.2, 0.25) is 5.95 Å². The van der Waals surface area contributed by atoms with Crippen LogP contribution in [0.25, 0.3) is 27.2 Å². The van der Waals surface area contributed by atoms with Gasteiger partial charge in [0.15, 0.2) is 5.16 Å². The number of H-pyrrole nitrogens is 1. The number of para-hydroxylation sites is 1. The van der Waals surface area contributed by atoms with Crippen molar-refractivity contribution in [2.45, 2.75) is 30.2 Å². The van der Waals surface area contributed by atoms with E-state index in [0.29, 0.717) is 27.6 Å². The van der Waals surface area contributed by atoms with E-state index < -0.39 is 0 Å². The van der Waals surface area contributed by atoms with Crippen molar-refractivity contribution < 1.29 is 4.42 Å². The van der Waals surface area contributed by atoms with Crippen LogP contribution in [-0.4, -0.2) is 37.8 Å². The van der Waals surface area contributed by atoms with E-state index in [1.54, 1.807) is 6.26 Å². The number of aromatic amines is 1. The van der Waals surface area contributed by atoms with Gasteiger partial charge in [0, 0.05) is 24.0 Å². The molecule has 1 N–H and O–H groups in total. The summed E-state index contributed by atoms with van der Waals surface area (Å²) in [4.78, 5) is 23.6. The maximum absolute atomic E-state index is 12.9. The fourth-order valence-corrected chi connectivity index (χ4v) is 6.03. The Labute approximate surface area is 203 Å². The zero-order chi connectivity index (χ0) is 22.9. The molecule has 1 saturated heterocycles.